The average molecular weight is 245 g/mol. The molecule has 5 nitrogen and oxygen atoms in total. The van der Waals surface area contributed by atoms with E-state index in [-0.39, 0.29) is 11.4 Å². The molecule has 0 amide bonds. The van der Waals surface area contributed by atoms with Crippen LogP contribution in [0.15, 0.2) is 18.2 Å². The van der Waals surface area contributed by atoms with Gasteiger partial charge in [0, 0.05) is 17.6 Å². The van der Waals surface area contributed by atoms with Crippen molar-refractivity contribution in [2.24, 2.45) is 0 Å². The van der Waals surface area contributed by atoms with Gasteiger partial charge in [-0.15, -0.1) is 0 Å². The molecular weight excluding hydrogens is 232 g/mol. The fraction of sp³-hybridized carbons (Fsp3) is 0.400. The number of nitro benzene ring substituents is 1. The smallest absolute Gasteiger partial charge is 0.312 e. The summed E-state index contributed by atoms with van der Waals surface area (Å²) in [6, 6.07) is 4.36. The Morgan fingerprint density at radius 3 is 2.75 bits per heavy atom. The standard InChI is InChI=1S/C10H13ClN2O3/c1-12(2)5-6-16-10-4-3-8(11)7-9(10)13(14)15/h3-4,7H,5-6H2,1-2H3. The number of ether oxygens (including phenoxy) is 1. The summed E-state index contributed by atoms with van der Waals surface area (Å²) in [5.41, 5.74) is -0.105. The van der Waals surface area contributed by atoms with Gasteiger partial charge in [0.2, 0.25) is 0 Å². The Morgan fingerprint density at radius 2 is 2.19 bits per heavy atom. The van der Waals surface area contributed by atoms with Crippen molar-refractivity contribution >= 4 is 17.3 Å². The second-order valence-corrected chi connectivity index (χ2v) is 3.96. The lowest BCUT2D eigenvalue weighted by Crippen LogP contribution is -2.19. The molecule has 0 heterocycles. The summed E-state index contributed by atoms with van der Waals surface area (Å²) in [5, 5.41) is 11.1. The third-order valence-corrected chi connectivity index (χ3v) is 2.15. The maximum atomic E-state index is 10.7. The highest BCUT2D eigenvalue weighted by atomic mass is 35.5. The van der Waals surface area contributed by atoms with E-state index in [1.54, 1.807) is 6.07 Å². The Balaban J connectivity index is 2.75. The van der Waals surface area contributed by atoms with Gasteiger partial charge in [0.05, 0.1) is 4.92 Å². The van der Waals surface area contributed by atoms with Crippen LogP contribution in [-0.2, 0) is 0 Å². The van der Waals surface area contributed by atoms with Gasteiger partial charge in [0.25, 0.3) is 0 Å². The Bertz CT molecular complexity index is 382. The molecular formula is C10H13ClN2O3. The number of nitro groups is 1. The summed E-state index contributed by atoms with van der Waals surface area (Å²) in [7, 11) is 3.80. The molecule has 6 heteroatoms. The molecule has 0 aliphatic carbocycles. The van der Waals surface area contributed by atoms with Crippen molar-refractivity contribution in [3.63, 3.8) is 0 Å². The predicted octanol–water partition coefficient (Wildman–Crippen LogP) is 2.19. The van der Waals surface area contributed by atoms with Gasteiger partial charge in [-0.2, -0.15) is 0 Å². The van der Waals surface area contributed by atoms with Crippen molar-refractivity contribution < 1.29 is 9.66 Å². The zero-order valence-corrected chi connectivity index (χ0v) is 9.90. The molecule has 88 valence electrons. The fourth-order valence-corrected chi connectivity index (χ4v) is 1.26. The largest absolute Gasteiger partial charge is 0.485 e. The maximum absolute atomic E-state index is 10.7. The quantitative estimate of drug-likeness (QED) is 0.589. The molecule has 1 aromatic carbocycles. The van der Waals surface area contributed by atoms with Crippen molar-refractivity contribution in [1.29, 1.82) is 0 Å². The third-order valence-electron chi connectivity index (χ3n) is 1.91. The first-order valence-electron chi connectivity index (χ1n) is 4.72. The highest BCUT2D eigenvalue weighted by molar-refractivity contribution is 6.30. The minimum absolute atomic E-state index is 0.105. The Morgan fingerprint density at radius 1 is 1.50 bits per heavy atom. The zero-order valence-electron chi connectivity index (χ0n) is 9.14. The monoisotopic (exact) mass is 244 g/mol. The van der Waals surface area contributed by atoms with Crippen LogP contribution in [0.1, 0.15) is 0 Å². The van der Waals surface area contributed by atoms with Gasteiger partial charge in [-0.25, -0.2) is 0 Å². The molecule has 0 radical (unpaired) electrons. The summed E-state index contributed by atoms with van der Waals surface area (Å²) in [4.78, 5) is 12.2. The minimum atomic E-state index is -0.503. The molecule has 0 bridgehead atoms. The Kier molecular flexibility index (Phi) is 4.52. The van der Waals surface area contributed by atoms with Crippen molar-refractivity contribution in [1.82, 2.24) is 4.90 Å². The summed E-state index contributed by atoms with van der Waals surface area (Å²) >= 11 is 5.68. The Hall–Kier alpha value is -1.33. The first-order chi connectivity index (χ1) is 7.50. The van der Waals surface area contributed by atoms with Crippen molar-refractivity contribution in [2.75, 3.05) is 27.2 Å². The Labute approximate surface area is 98.7 Å². The van der Waals surface area contributed by atoms with E-state index in [1.807, 2.05) is 19.0 Å². The average Bonchev–Trinajstić information content (AvgIpc) is 2.19. The van der Waals surface area contributed by atoms with E-state index in [0.717, 1.165) is 0 Å². The lowest BCUT2D eigenvalue weighted by molar-refractivity contribution is -0.385. The first-order valence-corrected chi connectivity index (χ1v) is 5.10. The van der Waals surface area contributed by atoms with Gasteiger partial charge in [-0.3, -0.25) is 10.1 Å². The van der Waals surface area contributed by atoms with E-state index < -0.39 is 4.92 Å². The van der Waals surface area contributed by atoms with E-state index in [4.69, 9.17) is 16.3 Å². The molecule has 0 spiro atoms. The van der Waals surface area contributed by atoms with Crippen LogP contribution in [-0.4, -0.2) is 37.1 Å². The van der Waals surface area contributed by atoms with Crippen LogP contribution in [0, 0.1) is 10.1 Å². The molecule has 0 aliphatic heterocycles. The number of likely N-dealkylation sites (N-methyl/N-ethyl adjacent to an activating group) is 1. The molecule has 0 aliphatic rings. The van der Waals surface area contributed by atoms with Crippen LogP contribution in [0.4, 0.5) is 5.69 Å². The van der Waals surface area contributed by atoms with Crippen LogP contribution in [0.2, 0.25) is 5.02 Å². The minimum Gasteiger partial charge on any atom is -0.485 e. The molecule has 0 saturated heterocycles. The van der Waals surface area contributed by atoms with Crippen molar-refractivity contribution in [3.05, 3.63) is 33.3 Å². The van der Waals surface area contributed by atoms with Gasteiger partial charge in [-0.1, -0.05) is 11.6 Å². The number of halogens is 1. The number of nitrogens with zero attached hydrogens (tertiary/aromatic N) is 2. The number of hydrogen-bond acceptors (Lipinski definition) is 4. The third kappa shape index (κ3) is 3.67. The van der Waals surface area contributed by atoms with Crippen LogP contribution < -0.4 is 4.74 Å². The second kappa shape index (κ2) is 5.67. The maximum Gasteiger partial charge on any atom is 0.312 e. The lowest BCUT2D eigenvalue weighted by Gasteiger charge is -2.11. The van der Waals surface area contributed by atoms with Gasteiger partial charge >= 0.3 is 5.69 Å². The fourth-order valence-electron chi connectivity index (χ4n) is 1.09. The molecule has 0 atom stereocenters. The number of rotatable bonds is 5. The van der Waals surface area contributed by atoms with E-state index >= 15 is 0 Å². The highest BCUT2D eigenvalue weighted by Crippen LogP contribution is 2.29. The molecule has 0 N–H and O–H groups in total. The lowest BCUT2D eigenvalue weighted by atomic mass is 10.3. The van der Waals surface area contributed by atoms with Gasteiger partial charge < -0.3 is 9.64 Å². The topological polar surface area (TPSA) is 55.6 Å². The summed E-state index contributed by atoms with van der Waals surface area (Å²) in [6.45, 7) is 1.09. The van der Waals surface area contributed by atoms with E-state index in [1.165, 1.54) is 12.1 Å². The molecule has 0 unspecified atom stereocenters. The normalized spacial score (nSPS) is 10.5. The molecule has 16 heavy (non-hydrogen) atoms. The molecule has 0 saturated carbocycles. The second-order valence-electron chi connectivity index (χ2n) is 3.52. The summed E-state index contributed by atoms with van der Waals surface area (Å²) in [5.74, 6) is 0.247. The van der Waals surface area contributed by atoms with Crippen LogP contribution in [0.5, 0.6) is 5.75 Å². The van der Waals surface area contributed by atoms with Gasteiger partial charge in [0.15, 0.2) is 5.75 Å². The molecule has 1 aromatic rings. The number of benzene rings is 1. The van der Waals surface area contributed by atoms with Crippen LogP contribution in [0.3, 0.4) is 0 Å². The van der Waals surface area contributed by atoms with E-state index in [0.29, 0.717) is 18.2 Å². The van der Waals surface area contributed by atoms with E-state index in [2.05, 4.69) is 0 Å². The van der Waals surface area contributed by atoms with Gasteiger partial charge in [-0.05, 0) is 26.2 Å². The predicted molar refractivity (Wildman–Crippen MR) is 62.2 cm³/mol. The summed E-state index contributed by atoms with van der Waals surface area (Å²) < 4.78 is 5.32. The first kappa shape index (κ1) is 12.7. The van der Waals surface area contributed by atoms with Crippen LogP contribution >= 0.6 is 11.6 Å². The molecule has 0 fully saturated rings. The van der Waals surface area contributed by atoms with Crippen molar-refractivity contribution in [2.45, 2.75) is 0 Å². The molecule has 1 rings (SSSR count). The van der Waals surface area contributed by atoms with E-state index in [9.17, 15) is 10.1 Å². The molecule has 0 aromatic heterocycles. The highest BCUT2D eigenvalue weighted by Gasteiger charge is 2.15. The van der Waals surface area contributed by atoms with Crippen LogP contribution in [0.25, 0.3) is 0 Å². The SMILES string of the molecule is CN(C)CCOc1ccc(Cl)cc1[N+](=O)[O-]. The summed E-state index contributed by atoms with van der Waals surface area (Å²) in [6.07, 6.45) is 0. The van der Waals surface area contributed by atoms with Crippen molar-refractivity contribution in [3.8, 4) is 5.75 Å². The number of hydrogen-bond donors (Lipinski definition) is 0. The van der Waals surface area contributed by atoms with Gasteiger partial charge in [0.1, 0.15) is 6.61 Å². The zero-order chi connectivity index (χ0) is 12.1.